The maximum atomic E-state index is 11.6. The van der Waals surface area contributed by atoms with Crippen LogP contribution >= 0.6 is 0 Å². The van der Waals surface area contributed by atoms with Crippen molar-refractivity contribution in [2.45, 2.75) is 18.9 Å². The zero-order valence-electron chi connectivity index (χ0n) is 7.19. The van der Waals surface area contributed by atoms with Crippen LogP contribution in [0.1, 0.15) is 12.8 Å². The smallest absolute Gasteiger partial charge is 0.315 e. The van der Waals surface area contributed by atoms with Crippen molar-refractivity contribution in [3.8, 4) is 0 Å². The molecule has 2 unspecified atom stereocenters. The molecule has 0 saturated carbocycles. The number of ketones is 1. The van der Waals surface area contributed by atoms with E-state index in [4.69, 9.17) is 5.11 Å². The number of carbonyl (C=O) groups excluding carboxylic acids is 1. The van der Waals surface area contributed by atoms with E-state index >= 15 is 0 Å². The summed E-state index contributed by atoms with van der Waals surface area (Å²) in [6.45, 7) is 1.09. The van der Waals surface area contributed by atoms with Crippen LogP contribution in [0.5, 0.6) is 0 Å². The molecule has 0 radical (unpaired) electrons. The van der Waals surface area contributed by atoms with Crippen LogP contribution in [0.25, 0.3) is 0 Å². The molecule has 2 fully saturated rings. The van der Waals surface area contributed by atoms with Crippen LogP contribution in [-0.2, 0) is 9.59 Å². The molecule has 0 amide bonds. The van der Waals surface area contributed by atoms with Crippen molar-refractivity contribution >= 4 is 11.8 Å². The number of Topliss-reactive ketones (excluding diaryl/α,β-unsaturated/α-hetero) is 1. The van der Waals surface area contributed by atoms with Crippen LogP contribution in [-0.4, -0.2) is 41.0 Å². The molecule has 0 aromatic rings. The molecule has 5 heteroatoms. The largest absolute Gasteiger partial charge is 0.481 e. The van der Waals surface area contributed by atoms with Gasteiger partial charge in [0.2, 0.25) is 0 Å². The maximum absolute atomic E-state index is 11.6. The normalized spacial score (nSPS) is 34.6. The second-order valence-electron chi connectivity index (χ2n) is 3.51. The van der Waals surface area contributed by atoms with Gasteiger partial charge in [-0.05, 0) is 12.8 Å². The van der Waals surface area contributed by atoms with Gasteiger partial charge in [0.1, 0.15) is 5.92 Å². The minimum Gasteiger partial charge on any atom is -0.481 e. The third-order valence-electron chi connectivity index (χ3n) is 2.72. The van der Waals surface area contributed by atoms with Gasteiger partial charge in [0.25, 0.3) is 0 Å². The highest BCUT2D eigenvalue weighted by Gasteiger charge is 2.42. The van der Waals surface area contributed by atoms with Crippen molar-refractivity contribution in [3.63, 3.8) is 0 Å². The number of carboxylic acid groups (broad SMARTS) is 1. The molecule has 0 bridgehead atoms. The fourth-order valence-corrected chi connectivity index (χ4v) is 2.00. The number of nitrogens with one attached hydrogen (secondary N) is 1. The lowest BCUT2D eigenvalue weighted by molar-refractivity contribution is -0.151. The van der Waals surface area contributed by atoms with Crippen molar-refractivity contribution in [2.24, 2.45) is 5.92 Å². The molecule has 0 aromatic carbocycles. The minimum atomic E-state index is -1.01. The topological polar surface area (TPSA) is 69.6 Å². The van der Waals surface area contributed by atoms with E-state index in [9.17, 15) is 9.59 Å². The van der Waals surface area contributed by atoms with E-state index in [1.165, 1.54) is 0 Å². The Hall–Kier alpha value is -0.940. The molecule has 2 heterocycles. The monoisotopic (exact) mass is 184 g/mol. The summed E-state index contributed by atoms with van der Waals surface area (Å²) >= 11 is 0. The van der Waals surface area contributed by atoms with Crippen LogP contribution in [0.2, 0.25) is 0 Å². The summed E-state index contributed by atoms with van der Waals surface area (Å²) in [5, 5.41) is 10.6. The van der Waals surface area contributed by atoms with Crippen molar-refractivity contribution in [2.75, 3.05) is 13.1 Å². The fourth-order valence-electron chi connectivity index (χ4n) is 2.00. The number of carboxylic acids is 1. The summed E-state index contributed by atoms with van der Waals surface area (Å²) in [6, 6.07) is -0.199. The summed E-state index contributed by atoms with van der Waals surface area (Å²) in [6.07, 6.45) is 1.76. The summed E-state index contributed by atoms with van der Waals surface area (Å²) in [4.78, 5) is 22.3. The Labute approximate surface area is 75.7 Å². The second-order valence-corrected chi connectivity index (χ2v) is 3.51. The van der Waals surface area contributed by atoms with E-state index < -0.39 is 11.9 Å². The zero-order chi connectivity index (χ0) is 9.42. The first kappa shape index (κ1) is 8.65. The minimum absolute atomic E-state index is 0.135. The molecule has 2 aliphatic heterocycles. The summed E-state index contributed by atoms with van der Waals surface area (Å²) in [7, 11) is 0. The zero-order valence-corrected chi connectivity index (χ0v) is 7.19. The number of hydrogen-bond donors (Lipinski definition) is 2. The highest BCUT2D eigenvalue weighted by molar-refractivity contribution is 6.01. The summed E-state index contributed by atoms with van der Waals surface area (Å²) in [5.41, 5.74) is 2.97. The van der Waals surface area contributed by atoms with Gasteiger partial charge in [0.15, 0.2) is 5.78 Å². The Morgan fingerprint density at radius 1 is 1.62 bits per heavy atom. The van der Waals surface area contributed by atoms with Gasteiger partial charge in [-0.15, -0.1) is 0 Å². The van der Waals surface area contributed by atoms with Gasteiger partial charge in [-0.25, -0.2) is 5.01 Å². The van der Waals surface area contributed by atoms with Crippen LogP contribution in [0.15, 0.2) is 0 Å². The SMILES string of the molecule is O=C(O)C1CNN2CCCC2C1=O. The molecule has 0 aliphatic carbocycles. The lowest BCUT2D eigenvalue weighted by Crippen LogP contribution is -2.57. The fraction of sp³-hybridized carbons (Fsp3) is 0.750. The maximum Gasteiger partial charge on any atom is 0.315 e. The molecule has 2 atom stereocenters. The Bertz CT molecular complexity index is 254. The Balaban J connectivity index is 2.13. The molecular weight excluding hydrogens is 172 g/mol. The van der Waals surface area contributed by atoms with Gasteiger partial charge in [0, 0.05) is 13.1 Å². The molecule has 0 spiro atoms. The average molecular weight is 184 g/mol. The van der Waals surface area contributed by atoms with Crippen LogP contribution in [0.3, 0.4) is 0 Å². The van der Waals surface area contributed by atoms with Crippen molar-refractivity contribution in [3.05, 3.63) is 0 Å². The van der Waals surface area contributed by atoms with Crippen LogP contribution < -0.4 is 5.43 Å². The Morgan fingerprint density at radius 2 is 2.38 bits per heavy atom. The molecule has 2 N–H and O–H groups in total. The molecule has 2 rings (SSSR count). The Morgan fingerprint density at radius 3 is 3.08 bits per heavy atom. The molecule has 2 saturated heterocycles. The quantitative estimate of drug-likeness (QED) is 0.524. The highest BCUT2D eigenvalue weighted by atomic mass is 16.4. The number of aliphatic carboxylic acids is 1. The standard InChI is InChI=1S/C8H12N2O3/c11-7-5(8(12)13)4-9-10-3-1-2-6(7)10/h5-6,9H,1-4H2,(H,12,13). The lowest BCUT2D eigenvalue weighted by atomic mass is 9.95. The predicted octanol–water partition coefficient (Wildman–Crippen LogP) is -0.761. The average Bonchev–Trinajstić information content (AvgIpc) is 2.52. The van der Waals surface area contributed by atoms with E-state index in [0.29, 0.717) is 0 Å². The van der Waals surface area contributed by atoms with E-state index in [2.05, 4.69) is 5.43 Å². The van der Waals surface area contributed by atoms with Gasteiger partial charge in [-0.3, -0.25) is 15.0 Å². The molecule has 13 heavy (non-hydrogen) atoms. The number of hydrazine groups is 1. The number of carbonyl (C=O) groups is 2. The van der Waals surface area contributed by atoms with E-state index in [1.807, 2.05) is 5.01 Å². The van der Waals surface area contributed by atoms with Gasteiger partial charge >= 0.3 is 5.97 Å². The van der Waals surface area contributed by atoms with E-state index in [-0.39, 0.29) is 18.4 Å². The number of fused-ring (bicyclic) bond motifs is 1. The van der Waals surface area contributed by atoms with Crippen molar-refractivity contribution in [1.29, 1.82) is 0 Å². The third kappa shape index (κ3) is 1.34. The molecule has 2 aliphatic rings. The first-order valence-corrected chi connectivity index (χ1v) is 4.47. The molecule has 72 valence electrons. The van der Waals surface area contributed by atoms with Crippen molar-refractivity contribution < 1.29 is 14.7 Å². The van der Waals surface area contributed by atoms with Gasteiger partial charge < -0.3 is 5.11 Å². The number of rotatable bonds is 1. The highest BCUT2D eigenvalue weighted by Crippen LogP contribution is 2.22. The second kappa shape index (κ2) is 3.08. The number of hydrogen-bond acceptors (Lipinski definition) is 4. The van der Waals surface area contributed by atoms with Crippen LogP contribution in [0, 0.1) is 5.92 Å². The molecule has 5 nitrogen and oxygen atoms in total. The first-order valence-electron chi connectivity index (χ1n) is 4.47. The van der Waals surface area contributed by atoms with Crippen molar-refractivity contribution in [1.82, 2.24) is 10.4 Å². The third-order valence-corrected chi connectivity index (χ3v) is 2.72. The van der Waals surface area contributed by atoms with Gasteiger partial charge in [-0.2, -0.15) is 0 Å². The summed E-state index contributed by atoms with van der Waals surface area (Å²) in [5.74, 6) is -1.99. The predicted molar refractivity (Wildman–Crippen MR) is 43.9 cm³/mol. The van der Waals surface area contributed by atoms with E-state index in [0.717, 1.165) is 19.4 Å². The summed E-state index contributed by atoms with van der Waals surface area (Å²) < 4.78 is 0. The molecular formula is C8H12N2O3. The number of nitrogens with zero attached hydrogens (tertiary/aromatic N) is 1. The van der Waals surface area contributed by atoms with Gasteiger partial charge in [-0.1, -0.05) is 0 Å². The van der Waals surface area contributed by atoms with Crippen LogP contribution in [0.4, 0.5) is 0 Å². The molecule has 0 aromatic heterocycles. The first-order chi connectivity index (χ1) is 6.20. The Kier molecular flexibility index (Phi) is 2.05. The van der Waals surface area contributed by atoms with Gasteiger partial charge in [0.05, 0.1) is 6.04 Å². The van der Waals surface area contributed by atoms with E-state index in [1.54, 1.807) is 0 Å². The lowest BCUT2D eigenvalue weighted by Gasteiger charge is -2.32.